The Morgan fingerprint density at radius 3 is 2.79 bits per heavy atom. The van der Waals surface area contributed by atoms with Gasteiger partial charge in [0.2, 0.25) is 0 Å². The molecule has 0 unspecified atom stereocenters. The van der Waals surface area contributed by atoms with Crippen molar-refractivity contribution in [2.75, 3.05) is 0 Å². The van der Waals surface area contributed by atoms with Crippen molar-refractivity contribution < 1.29 is 4.39 Å². The fourth-order valence-corrected chi connectivity index (χ4v) is 1.15. The molecule has 1 aromatic carbocycles. The molecular formula is C13H15F. The molecule has 0 fully saturated rings. The maximum Gasteiger partial charge on any atom is 0.126 e. The lowest BCUT2D eigenvalue weighted by atomic mass is 10.1. The van der Waals surface area contributed by atoms with Gasteiger partial charge in [0, 0.05) is 12.0 Å². The van der Waals surface area contributed by atoms with Crippen LogP contribution in [0.2, 0.25) is 0 Å². The van der Waals surface area contributed by atoms with Crippen molar-refractivity contribution in [1.82, 2.24) is 0 Å². The van der Waals surface area contributed by atoms with Crippen LogP contribution in [0.15, 0.2) is 18.2 Å². The van der Waals surface area contributed by atoms with Gasteiger partial charge in [0.15, 0.2) is 0 Å². The molecule has 0 heterocycles. The Balaban J connectivity index is 2.66. The monoisotopic (exact) mass is 190 g/mol. The Labute approximate surface area is 85.2 Å². The highest BCUT2D eigenvalue weighted by atomic mass is 19.1. The molecular weight excluding hydrogens is 175 g/mol. The summed E-state index contributed by atoms with van der Waals surface area (Å²) in [5, 5.41) is 0. The Morgan fingerprint density at radius 2 is 2.14 bits per heavy atom. The zero-order valence-electron chi connectivity index (χ0n) is 8.73. The van der Waals surface area contributed by atoms with Crippen molar-refractivity contribution in [2.45, 2.75) is 33.1 Å². The second-order valence-electron chi connectivity index (χ2n) is 3.37. The van der Waals surface area contributed by atoms with Crippen LogP contribution in [-0.2, 0) is 0 Å². The van der Waals surface area contributed by atoms with E-state index in [4.69, 9.17) is 0 Å². The standard InChI is InChI=1S/C13H15F/c1-3-4-5-6-7-12-8-9-13(14)11(2)10-12/h8-10H,3-5H2,1-2H3. The molecule has 0 saturated carbocycles. The zero-order chi connectivity index (χ0) is 10.4. The Bertz CT molecular complexity index is 355. The van der Waals surface area contributed by atoms with Gasteiger partial charge in [-0.3, -0.25) is 0 Å². The largest absolute Gasteiger partial charge is 0.207 e. The van der Waals surface area contributed by atoms with E-state index in [0.717, 1.165) is 24.8 Å². The van der Waals surface area contributed by atoms with E-state index in [9.17, 15) is 4.39 Å². The third-order valence-corrected chi connectivity index (χ3v) is 2.05. The molecule has 1 rings (SSSR count). The maximum atomic E-state index is 12.9. The van der Waals surface area contributed by atoms with Crippen molar-refractivity contribution in [3.8, 4) is 11.8 Å². The molecule has 0 aliphatic rings. The minimum Gasteiger partial charge on any atom is -0.207 e. The van der Waals surface area contributed by atoms with Gasteiger partial charge < -0.3 is 0 Å². The number of benzene rings is 1. The first kappa shape index (κ1) is 10.8. The summed E-state index contributed by atoms with van der Waals surface area (Å²) >= 11 is 0. The molecule has 0 aliphatic carbocycles. The summed E-state index contributed by atoms with van der Waals surface area (Å²) in [6.45, 7) is 3.90. The molecule has 0 spiro atoms. The number of halogens is 1. The SMILES string of the molecule is CCCCC#Cc1ccc(F)c(C)c1. The number of rotatable bonds is 2. The topological polar surface area (TPSA) is 0 Å². The minimum absolute atomic E-state index is 0.163. The van der Waals surface area contributed by atoms with Gasteiger partial charge in [0.1, 0.15) is 5.82 Å². The zero-order valence-corrected chi connectivity index (χ0v) is 8.73. The van der Waals surface area contributed by atoms with E-state index in [1.54, 1.807) is 19.1 Å². The molecule has 0 amide bonds. The summed E-state index contributed by atoms with van der Waals surface area (Å²) in [6, 6.07) is 4.98. The lowest BCUT2D eigenvalue weighted by Crippen LogP contribution is -1.83. The maximum absolute atomic E-state index is 12.9. The average Bonchev–Trinajstić information content (AvgIpc) is 2.18. The molecule has 14 heavy (non-hydrogen) atoms. The Hall–Kier alpha value is -1.29. The lowest BCUT2D eigenvalue weighted by molar-refractivity contribution is 0.618. The van der Waals surface area contributed by atoms with Crippen molar-refractivity contribution in [3.63, 3.8) is 0 Å². The number of hydrogen-bond acceptors (Lipinski definition) is 0. The molecule has 74 valence electrons. The van der Waals surface area contributed by atoms with Crippen LogP contribution >= 0.6 is 0 Å². The van der Waals surface area contributed by atoms with Crippen LogP contribution in [0.4, 0.5) is 4.39 Å². The van der Waals surface area contributed by atoms with Crippen LogP contribution in [0.3, 0.4) is 0 Å². The molecule has 0 saturated heterocycles. The van der Waals surface area contributed by atoms with Crippen molar-refractivity contribution in [3.05, 3.63) is 35.1 Å². The average molecular weight is 190 g/mol. The normalized spacial score (nSPS) is 9.36. The van der Waals surface area contributed by atoms with E-state index in [2.05, 4.69) is 18.8 Å². The fourth-order valence-electron chi connectivity index (χ4n) is 1.15. The summed E-state index contributed by atoms with van der Waals surface area (Å²) in [5.41, 5.74) is 1.56. The van der Waals surface area contributed by atoms with Gasteiger partial charge in [-0.15, -0.1) is 0 Å². The molecule has 1 aromatic rings. The summed E-state index contributed by atoms with van der Waals surface area (Å²) in [7, 11) is 0. The van der Waals surface area contributed by atoms with Crippen LogP contribution in [0, 0.1) is 24.6 Å². The van der Waals surface area contributed by atoms with Gasteiger partial charge in [-0.2, -0.15) is 0 Å². The minimum atomic E-state index is -0.163. The summed E-state index contributed by atoms with van der Waals surface area (Å²) < 4.78 is 12.9. The van der Waals surface area contributed by atoms with Crippen molar-refractivity contribution >= 4 is 0 Å². The highest BCUT2D eigenvalue weighted by Crippen LogP contribution is 2.08. The van der Waals surface area contributed by atoms with E-state index in [1.807, 2.05) is 0 Å². The van der Waals surface area contributed by atoms with Crippen molar-refractivity contribution in [2.24, 2.45) is 0 Å². The number of aryl methyl sites for hydroxylation is 1. The molecule has 0 aliphatic heterocycles. The lowest BCUT2D eigenvalue weighted by Gasteiger charge is -1.95. The Morgan fingerprint density at radius 1 is 1.36 bits per heavy atom. The predicted molar refractivity (Wildman–Crippen MR) is 57.5 cm³/mol. The smallest absolute Gasteiger partial charge is 0.126 e. The third-order valence-electron chi connectivity index (χ3n) is 2.05. The van der Waals surface area contributed by atoms with Gasteiger partial charge >= 0.3 is 0 Å². The molecule has 1 heteroatoms. The van der Waals surface area contributed by atoms with Gasteiger partial charge in [-0.05, 0) is 37.1 Å². The molecule has 0 radical (unpaired) electrons. The van der Waals surface area contributed by atoms with E-state index in [-0.39, 0.29) is 5.82 Å². The molecule has 0 bridgehead atoms. The van der Waals surface area contributed by atoms with E-state index in [1.165, 1.54) is 6.07 Å². The third kappa shape index (κ3) is 3.22. The van der Waals surface area contributed by atoms with Gasteiger partial charge in [0.05, 0.1) is 0 Å². The molecule has 0 atom stereocenters. The van der Waals surface area contributed by atoms with E-state index in [0.29, 0.717) is 5.56 Å². The first-order valence-electron chi connectivity index (χ1n) is 4.99. The van der Waals surface area contributed by atoms with E-state index < -0.39 is 0 Å². The van der Waals surface area contributed by atoms with Gasteiger partial charge in [0.25, 0.3) is 0 Å². The van der Waals surface area contributed by atoms with Crippen molar-refractivity contribution in [1.29, 1.82) is 0 Å². The second-order valence-corrected chi connectivity index (χ2v) is 3.37. The summed E-state index contributed by atoms with van der Waals surface area (Å²) in [6.07, 6.45) is 3.22. The van der Waals surface area contributed by atoms with Crippen LogP contribution in [0.5, 0.6) is 0 Å². The van der Waals surface area contributed by atoms with Gasteiger partial charge in [-0.25, -0.2) is 4.39 Å². The summed E-state index contributed by atoms with van der Waals surface area (Å²) in [4.78, 5) is 0. The van der Waals surface area contributed by atoms with Crippen LogP contribution in [0.1, 0.15) is 37.3 Å². The van der Waals surface area contributed by atoms with Crippen LogP contribution in [-0.4, -0.2) is 0 Å². The highest BCUT2D eigenvalue weighted by Gasteiger charge is 1.95. The molecule has 0 nitrogen and oxygen atoms in total. The molecule has 0 aromatic heterocycles. The molecule has 0 N–H and O–H groups in total. The van der Waals surface area contributed by atoms with E-state index >= 15 is 0 Å². The first-order chi connectivity index (χ1) is 6.74. The first-order valence-corrected chi connectivity index (χ1v) is 4.99. The Kier molecular flexibility index (Phi) is 4.19. The fraction of sp³-hybridized carbons (Fsp3) is 0.385. The predicted octanol–water partition coefficient (Wildman–Crippen LogP) is 3.68. The number of unbranched alkanes of at least 4 members (excludes halogenated alkanes) is 2. The summed E-state index contributed by atoms with van der Waals surface area (Å²) in [5.74, 6) is 5.94. The second kappa shape index (κ2) is 5.44. The van der Waals surface area contributed by atoms with Crippen LogP contribution in [0.25, 0.3) is 0 Å². The number of hydrogen-bond donors (Lipinski definition) is 0. The van der Waals surface area contributed by atoms with Gasteiger partial charge in [-0.1, -0.05) is 25.2 Å². The van der Waals surface area contributed by atoms with Crippen LogP contribution < -0.4 is 0 Å². The highest BCUT2D eigenvalue weighted by molar-refractivity contribution is 5.37. The quantitative estimate of drug-likeness (QED) is 0.493.